The van der Waals surface area contributed by atoms with E-state index in [1.165, 1.54) is 6.42 Å². The zero-order valence-electron chi connectivity index (χ0n) is 9.12. The monoisotopic (exact) mass is 196 g/mol. The Morgan fingerprint density at radius 3 is 2.64 bits per heavy atom. The van der Waals surface area contributed by atoms with Crippen molar-refractivity contribution in [1.82, 2.24) is 0 Å². The first-order chi connectivity index (χ1) is 6.50. The van der Waals surface area contributed by atoms with E-state index in [9.17, 15) is 4.79 Å². The second-order valence-corrected chi connectivity index (χ2v) is 4.78. The molecule has 0 aromatic carbocycles. The average molecular weight is 196 g/mol. The van der Waals surface area contributed by atoms with Crippen molar-refractivity contribution in [3.8, 4) is 0 Å². The summed E-state index contributed by atoms with van der Waals surface area (Å²) in [5.41, 5.74) is 1.11. The van der Waals surface area contributed by atoms with Gasteiger partial charge in [0.25, 0.3) is 0 Å². The highest BCUT2D eigenvalue weighted by molar-refractivity contribution is 5.70. The molecule has 14 heavy (non-hydrogen) atoms. The highest BCUT2D eigenvalue weighted by Gasteiger charge is 2.33. The summed E-state index contributed by atoms with van der Waals surface area (Å²) < 4.78 is 0. The molecule has 0 aliphatic heterocycles. The number of rotatable bonds is 3. The molecule has 1 rings (SSSR count). The molecule has 0 heterocycles. The Balaban J connectivity index is 2.62. The Hall–Kier alpha value is -0.790. The lowest BCUT2D eigenvalue weighted by Gasteiger charge is -2.32. The fourth-order valence-electron chi connectivity index (χ4n) is 2.44. The molecule has 1 N–H and O–H groups in total. The van der Waals surface area contributed by atoms with Crippen LogP contribution in [0.2, 0.25) is 0 Å². The molecule has 3 unspecified atom stereocenters. The van der Waals surface area contributed by atoms with Crippen LogP contribution in [0, 0.1) is 17.8 Å². The SMILES string of the molecule is C=C(C)CC1CCC(C)CC1C(=O)O. The van der Waals surface area contributed by atoms with Crippen LogP contribution in [0.5, 0.6) is 0 Å². The molecule has 1 aliphatic carbocycles. The van der Waals surface area contributed by atoms with Gasteiger partial charge in [-0.25, -0.2) is 0 Å². The fourth-order valence-corrected chi connectivity index (χ4v) is 2.44. The maximum Gasteiger partial charge on any atom is 0.306 e. The molecule has 2 heteroatoms. The van der Waals surface area contributed by atoms with Crippen LogP contribution in [0.1, 0.15) is 39.5 Å². The zero-order valence-corrected chi connectivity index (χ0v) is 9.12. The Morgan fingerprint density at radius 1 is 1.50 bits per heavy atom. The Labute approximate surface area is 86.0 Å². The van der Waals surface area contributed by atoms with Crippen LogP contribution in [-0.2, 0) is 4.79 Å². The second-order valence-electron chi connectivity index (χ2n) is 4.78. The molecule has 0 amide bonds. The number of carboxylic acid groups (broad SMARTS) is 1. The molecular formula is C12H20O2. The molecular weight excluding hydrogens is 176 g/mol. The van der Waals surface area contributed by atoms with E-state index in [0.29, 0.717) is 11.8 Å². The Morgan fingerprint density at radius 2 is 2.14 bits per heavy atom. The van der Waals surface area contributed by atoms with Crippen LogP contribution in [0.15, 0.2) is 12.2 Å². The molecule has 0 saturated heterocycles. The molecule has 3 atom stereocenters. The summed E-state index contributed by atoms with van der Waals surface area (Å²) in [5, 5.41) is 9.11. The van der Waals surface area contributed by atoms with E-state index in [-0.39, 0.29) is 5.92 Å². The molecule has 0 aromatic heterocycles. The third-order valence-electron chi connectivity index (χ3n) is 3.18. The minimum atomic E-state index is -0.622. The number of carbonyl (C=O) groups is 1. The molecule has 80 valence electrons. The third kappa shape index (κ3) is 2.86. The van der Waals surface area contributed by atoms with Crippen LogP contribution < -0.4 is 0 Å². The highest BCUT2D eigenvalue weighted by Crippen LogP contribution is 2.37. The minimum absolute atomic E-state index is 0.143. The zero-order chi connectivity index (χ0) is 10.7. The quantitative estimate of drug-likeness (QED) is 0.704. The highest BCUT2D eigenvalue weighted by atomic mass is 16.4. The van der Waals surface area contributed by atoms with E-state index in [1.54, 1.807) is 0 Å². The molecule has 1 fully saturated rings. The van der Waals surface area contributed by atoms with Crippen LogP contribution in [-0.4, -0.2) is 11.1 Å². The van der Waals surface area contributed by atoms with Gasteiger partial charge in [0.1, 0.15) is 0 Å². The summed E-state index contributed by atoms with van der Waals surface area (Å²) in [5.74, 6) is 0.122. The lowest BCUT2D eigenvalue weighted by molar-refractivity contribution is -0.145. The first-order valence-corrected chi connectivity index (χ1v) is 5.38. The maximum absolute atomic E-state index is 11.1. The van der Waals surface area contributed by atoms with Gasteiger partial charge in [0.05, 0.1) is 5.92 Å². The minimum Gasteiger partial charge on any atom is -0.481 e. The fraction of sp³-hybridized carbons (Fsp3) is 0.750. The summed E-state index contributed by atoms with van der Waals surface area (Å²) in [4.78, 5) is 11.1. The van der Waals surface area contributed by atoms with Gasteiger partial charge in [0.2, 0.25) is 0 Å². The Kier molecular flexibility index (Phi) is 3.73. The van der Waals surface area contributed by atoms with E-state index in [2.05, 4.69) is 13.5 Å². The van der Waals surface area contributed by atoms with Gasteiger partial charge in [0, 0.05) is 0 Å². The van der Waals surface area contributed by atoms with Gasteiger partial charge in [0.15, 0.2) is 0 Å². The molecule has 1 saturated carbocycles. The lowest BCUT2D eigenvalue weighted by atomic mass is 9.72. The number of aliphatic carboxylic acids is 1. The molecule has 1 aliphatic rings. The van der Waals surface area contributed by atoms with E-state index in [0.717, 1.165) is 24.8 Å². The predicted molar refractivity (Wildman–Crippen MR) is 57.1 cm³/mol. The van der Waals surface area contributed by atoms with Crippen molar-refractivity contribution >= 4 is 5.97 Å². The van der Waals surface area contributed by atoms with Gasteiger partial charge in [-0.15, -0.1) is 6.58 Å². The lowest BCUT2D eigenvalue weighted by Crippen LogP contribution is -2.30. The van der Waals surface area contributed by atoms with Gasteiger partial charge in [-0.2, -0.15) is 0 Å². The van der Waals surface area contributed by atoms with Crippen molar-refractivity contribution in [1.29, 1.82) is 0 Å². The topological polar surface area (TPSA) is 37.3 Å². The maximum atomic E-state index is 11.1. The number of hydrogen-bond acceptors (Lipinski definition) is 1. The smallest absolute Gasteiger partial charge is 0.306 e. The van der Waals surface area contributed by atoms with E-state index in [4.69, 9.17) is 5.11 Å². The van der Waals surface area contributed by atoms with Crippen LogP contribution in [0.25, 0.3) is 0 Å². The van der Waals surface area contributed by atoms with E-state index in [1.807, 2.05) is 6.92 Å². The molecule has 0 spiro atoms. The molecule has 0 aromatic rings. The molecule has 0 bridgehead atoms. The van der Waals surface area contributed by atoms with Crippen LogP contribution in [0.4, 0.5) is 0 Å². The predicted octanol–water partition coefficient (Wildman–Crippen LogP) is 3.09. The van der Waals surface area contributed by atoms with E-state index >= 15 is 0 Å². The number of allylic oxidation sites excluding steroid dienone is 1. The van der Waals surface area contributed by atoms with Crippen molar-refractivity contribution in [2.45, 2.75) is 39.5 Å². The van der Waals surface area contributed by atoms with Crippen LogP contribution in [0.3, 0.4) is 0 Å². The average Bonchev–Trinajstić information content (AvgIpc) is 2.07. The van der Waals surface area contributed by atoms with Crippen molar-refractivity contribution in [2.24, 2.45) is 17.8 Å². The Bertz CT molecular complexity index is 232. The van der Waals surface area contributed by atoms with Crippen molar-refractivity contribution in [3.63, 3.8) is 0 Å². The second kappa shape index (κ2) is 4.63. The molecule has 2 nitrogen and oxygen atoms in total. The third-order valence-corrected chi connectivity index (χ3v) is 3.18. The number of hydrogen-bond donors (Lipinski definition) is 1. The summed E-state index contributed by atoms with van der Waals surface area (Å²) >= 11 is 0. The number of carboxylic acids is 1. The van der Waals surface area contributed by atoms with Gasteiger partial charge in [-0.1, -0.05) is 18.9 Å². The standard InChI is InChI=1S/C12H20O2/c1-8(2)6-10-5-4-9(3)7-11(10)12(13)14/h9-11H,1,4-7H2,2-3H3,(H,13,14). The normalized spacial score (nSPS) is 32.6. The summed E-state index contributed by atoms with van der Waals surface area (Å²) in [7, 11) is 0. The van der Waals surface area contributed by atoms with Gasteiger partial charge < -0.3 is 5.11 Å². The first kappa shape index (κ1) is 11.3. The van der Waals surface area contributed by atoms with Crippen molar-refractivity contribution in [3.05, 3.63) is 12.2 Å². The first-order valence-electron chi connectivity index (χ1n) is 5.38. The van der Waals surface area contributed by atoms with Crippen molar-refractivity contribution < 1.29 is 9.90 Å². The van der Waals surface area contributed by atoms with Crippen LogP contribution >= 0.6 is 0 Å². The molecule has 0 radical (unpaired) electrons. The van der Waals surface area contributed by atoms with E-state index < -0.39 is 5.97 Å². The van der Waals surface area contributed by atoms with Gasteiger partial charge in [-0.05, 0) is 38.0 Å². The van der Waals surface area contributed by atoms with Crippen molar-refractivity contribution in [2.75, 3.05) is 0 Å². The largest absolute Gasteiger partial charge is 0.481 e. The van der Waals surface area contributed by atoms with Gasteiger partial charge >= 0.3 is 5.97 Å². The summed E-state index contributed by atoms with van der Waals surface area (Å²) in [6.45, 7) is 8.00. The summed E-state index contributed by atoms with van der Waals surface area (Å²) in [6.07, 6.45) is 3.93. The summed E-state index contributed by atoms with van der Waals surface area (Å²) in [6, 6.07) is 0. The van der Waals surface area contributed by atoms with Gasteiger partial charge in [-0.3, -0.25) is 4.79 Å².